The highest BCUT2D eigenvalue weighted by Crippen LogP contribution is 2.26. The number of hydrogen-bond donors (Lipinski definition) is 1. The molecule has 1 amide bonds. The molecule has 2 aliphatic heterocycles. The molecule has 2 aromatic rings. The zero-order chi connectivity index (χ0) is 17.1. The minimum Gasteiger partial charge on any atom is -0.381 e. The molecule has 2 heterocycles. The van der Waals surface area contributed by atoms with Crippen molar-refractivity contribution in [1.82, 2.24) is 0 Å². The van der Waals surface area contributed by atoms with E-state index in [0.29, 0.717) is 13.2 Å². The van der Waals surface area contributed by atoms with Crippen LogP contribution in [-0.2, 0) is 22.5 Å². The van der Waals surface area contributed by atoms with E-state index in [1.165, 1.54) is 16.8 Å². The number of carbonyl (C=O) groups is 1. The van der Waals surface area contributed by atoms with Crippen molar-refractivity contribution >= 4 is 17.3 Å². The van der Waals surface area contributed by atoms with E-state index in [4.69, 9.17) is 4.74 Å². The first-order valence-electron chi connectivity index (χ1n) is 9.10. The number of nitrogens with zero attached hydrogens (tertiary/aromatic N) is 1. The predicted molar refractivity (Wildman–Crippen MR) is 99.8 cm³/mol. The highest BCUT2D eigenvalue weighted by Gasteiger charge is 2.21. The zero-order valence-corrected chi connectivity index (χ0v) is 14.4. The van der Waals surface area contributed by atoms with Gasteiger partial charge < -0.3 is 15.0 Å². The molecule has 0 atom stereocenters. The maximum Gasteiger partial charge on any atom is 0.227 e. The molecule has 4 nitrogen and oxygen atoms in total. The Labute approximate surface area is 148 Å². The summed E-state index contributed by atoms with van der Waals surface area (Å²) in [5, 5.41) is 3.04. The second kappa shape index (κ2) is 7.28. The van der Waals surface area contributed by atoms with Gasteiger partial charge in [0.1, 0.15) is 0 Å². The molecule has 0 unspecified atom stereocenters. The fourth-order valence-corrected chi connectivity index (χ4v) is 3.68. The average Bonchev–Trinajstić information content (AvgIpc) is 2.69. The van der Waals surface area contributed by atoms with Crippen molar-refractivity contribution in [2.75, 3.05) is 30.0 Å². The van der Waals surface area contributed by atoms with Crippen LogP contribution in [-0.4, -0.2) is 25.7 Å². The molecule has 4 rings (SSSR count). The summed E-state index contributed by atoms with van der Waals surface area (Å²) in [7, 11) is 0. The van der Waals surface area contributed by atoms with Crippen LogP contribution in [0.1, 0.15) is 24.0 Å². The van der Waals surface area contributed by atoms with Gasteiger partial charge in [-0.3, -0.25) is 4.79 Å². The molecule has 0 spiro atoms. The number of carbonyl (C=O) groups excluding carboxylic acids is 1. The van der Waals surface area contributed by atoms with E-state index >= 15 is 0 Å². The molecular weight excluding hydrogens is 312 g/mol. The lowest BCUT2D eigenvalue weighted by atomic mass is 9.99. The van der Waals surface area contributed by atoms with Crippen LogP contribution in [0.3, 0.4) is 0 Å². The van der Waals surface area contributed by atoms with Gasteiger partial charge in [0.2, 0.25) is 5.91 Å². The van der Waals surface area contributed by atoms with E-state index in [9.17, 15) is 4.79 Å². The highest BCUT2D eigenvalue weighted by molar-refractivity contribution is 5.92. The van der Waals surface area contributed by atoms with Gasteiger partial charge >= 0.3 is 0 Å². The van der Waals surface area contributed by atoms with E-state index in [2.05, 4.69) is 46.6 Å². The van der Waals surface area contributed by atoms with E-state index in [1.54, 1.807) is 0 Å². The number of anilines is 2. The smallest absolute Gasteiger partial charge is 0.227 e. The van der Waals surface area contributed by atoms with Crippen molar-refractivity contribution in [3.8, 4) is 0 Å². The third-order valence-electron chi connectivity index (χ3n) is 5.22. The van der Waals surface area contributed by atoms with Gasteiger partial charge in [-0.2, -0.15) is 0 Å². The van der Waals surface area contributed by atoms with E-state index in [-0.39, 0.29) is 11.8 Å². The Balaban J connectivity index is 1.40. The lowest BCUT2D eigenvalue weighted by Gasteiger charge is -2.31. The summed E-state index contributed by atoms with van der Waals surface area (Å²) in [5.74, 6) is 0.190. The molecule has 0 bridgehead atoms. The van der Waals surface area contributed by atoms with Gasteiger partial charge in [0, 0.05) is 43.6 Å². The monoisotopic (exact) mass is 336 g/mol. The Morgan fingerprint density at radius 2 is 1.72 bits per heavy atom. The lowest BCUT2D eigenvalue weighted by molar-refractivity contribution is -0.122. The Morgan fingerprint density at radius 3 is 2.48 bits per heavy atom. The van der Waals surface area contributed by atoms with Crippen LogP contribution in [0.2, 0.25) is 0 Å². The van der Waals surface area contributed by atoms with E-state index in [0.717, 1.165) is 38.0 Å². The minimum absolute atomic E-state index is 0.0759. The Bertz CT molecular complexity index is 736. The maximum atomic E-state index is 12.3. The van der Waals surface area contributed by atoms with Crippen LogP contribution >= 0.6 is 0 Å². The Hall–Kier alpha value is -2.33. The first-order valence-corrected chi connectivity index (χ1v) is 9.10. The van der Waals surface area contributed by atoms with Crippen molar-refractivity contribution < 1.29 is 9.53 Å². The first kappa shape index (κ1) is 16.2. The van der Waals surface area contributed by atoms with Crippen molar-refractivity contribution in [3.05, 3.63) is 59.7 Å². The standard InChI is InChI=1S/C21H24N2O2/c24-21(17-10-13-25-14-11-17)22-19-5-7-20(8-6-19)23-12-9-16-3-1-2-4-18(16)15-23/h1-8,17H,9-15H2,(H,22,24). The SMILES string of the molecule is O=C(Nc1ccc(N2CCc3ccccc3C2)cc1)C1CCOCC1. The van der Waals surface area contributed by atoms with E-state index < -0.39 is 0 Å². The summed E-state index contributed by atoms with van der Waals surface area (Å²) < 4.78 is 5.32. The van der Waals surface area contributed by atoms with Gasteiger partial charge in [0.05, 0.1) is 0 Å². The third kappa shape index (κ3) is 3.69. The number of benzene rings is 2. The second-order valence-electron chi connectivity index (χ2n) is 6.86. The van der Waals surface area contributed by atoms with Crippen molar-refractivity contribution in [1.29, 1.82) is 0 Å². The molecule has 2 aliphatic rings. The summed E-state index contributed by atoms with van der Waals surface area (Å²) in [4.78, 5) is 14.7. The topological polar surface area (TPSA) is 41.6 Å². The van der Waals surface area contributed by atoms with Crippen molar-refractivity contribution in [3.63, 3.8) is 0 Å². The fraction of sp³-hybridized carbons (Fsp3) is 0.381. The van der Waals surface area contributed by atoms with Crippen LogP contribution in [0.15, 0.2) is 48.5 Å². The number of amides is 1. The molecular formula is C21H24N2O2. The number of rotatable bonds is 3. The maximum absolute atomic E-state index is 12.3. The van der Waals surface area contributed by atoms with Crippen LogP contribution in [0.5, 0.6) is 0 Å². The second-order valence-corrected chi connectivity index (χ2v) is 6.86. The molecule has 0 aromatic heterocycles. The molecule has 1 fully saturated rings. The van der Waals surface area contributed by atoms with Gasteiger partial charge in [-0.05, 0) is 54.7 Å². The number of fused-ring (bicyclic) bond motifs is 1. The highest BCUT2D eigenvalue weighted by atomic mass is 16.5. The number of hydrogen-bond acceptors (Lipinski definition) is 3. The van der Waals surface area contributed by atoms with Crippen LogP contribution < -0.4 is 10.2 Å². The number of nitrogens with one attached hydrogen (secondary N) is 1. The normalized spacial score (nSPS) is 17.8. The van der Waals surface area contributed by atoms with Crippen LogP contribution in [0.4, 0.5) is 11.4 Å². The minimum atomic E-state index is 0.0759. The molecule has 2 aromatic carbocycles. The number of ether oxygens (including phenoxy) is 1. The predicted octanol–water partition coefficient (Wildman–Crippen LogP) is 3.61. The molecule has 130 valence electrons. The lowest BCUT2D eigenvalue weighted by Crippen LogP contribution is -2.30. The van der Waals surface area contributed by atoms with Gasteiger partial charge in [-0.25, -0.2) is 0 Å². The van der Waals surface area contributed by atoms with Gasteiger partial charge in [0.15, 0.2) is 0 Å². The average molecular weight is 336 g/mol. The molecule has 4 heteroatoms. The van der Waals surface area contributed by atoms with Gasteiger partial charge in [-0.15, -0.1) is 0 Å². The van der Waals surface area contributed by atoms with Gasteiger partial charge in [0.25, 0.3) is 0 Å². The summed E-state index contributed by atoms with van der Waals surface area (Å²) in [6, 6.07) is 16.9. The fourth-order valence-electron chi connectivity index (χ4n) is 3.68. The Morgan fingerprint density at radius 1 is 1.00 bits per heavy atom. The molecule has 0 saturated carbocycles. The zero-order valence-electron chi connectivity index (χ0n) is 14.4. The molecule has 1 N–H and O–H groups in total. The van der Waals surface area contributed by atoms with E-state index in [1.807, 2.05) is 12.1 Å². The quantitative estimate of drug-likeness (QED) is 0.931. The van der Waals surface area contributed by atoms with Crippen LogP contribution in [0.25, 0.3) is 0 Å². The summed E-state index contributed by atoms with van der Waals surface area (Å²) in [5.41, 5.74) is 4.95. The Kier molecular flexibility index (Phi) is 4.70. The van der Waals surface area contributed by atoms with Crippen molar-refractivity contribution in [2.45, 2.75) is 25.8 Å². The first-order chi connectivity index (χ1) is 12.3. The summed E-state index contributed by atoms with van der Waals surface area (Å²) >= 11 is 0. The summed E-state index contributed by atoms with van der Waals surface area (Å²) in [6.07, 6.45) is 2.71. The third-order valence-corrected chi connectivity index (χ3v) is 5.22. The van der Waals surface area contributed by atoms with Crippen molar-refractivity contribution in [2.24, 2.45) is 5.92 Å². The molecule has 0 radical (unpaired) electrons. The molecule has 0 aliphatic carbocycles. The molecule has 25 heavy (non-hydrogen) atoms. The largest absolute Gasteiger partial charge is 0.381 e. The van der Waals surface area contributed by atoms with Crippen LogP contribution in [0, 0.1) is 5.92 Å². The van der Waals surface area contributed by atoms with Gasteiger partial charge in [-0.1, -0.05) is 24.3 Å². The summed E-state index contributed by atoms with van der Waals surface area (Å²) in [6.45, 7) is 3.36. The molecule has 1 saturated heterocycles.